The molecule has 0 radical (unpaired) electrons. The summed E-state index contributed by atoms with van der Waals surface area (Å²) in [5, 5.41) is 1.04. The van der Waals surface area contributed by atoms with Gasteiger partial charge in [-0.25, -0.2) is 9.97 Å². The minimum Gasteiger partial charge on any atom is -0.352 e. The molecule has 1 amide bonds. The topological polar surface area (TPSA) is 78.0 Å². The van der Waals surface area contributed by atoms with Crippen LogP contribution in [0.15, 0.2) is 43.1 Å². The van der Waals surface area contributed by atoms with Crippen molar-refractivity contribution in [2.45, 2.75) is 31.3 Å². The van der Waals surface area contributed by atoms with Crippen LogP contribution in [0.1, 0.15) is 18.4 Å². The number of nitrogens with zero attached hydrogens (tertiary/aromatic N) is 5. The van der Waals surface area contributed by atoms with Gasteiger partial charge in [-0.05, 0) is 36.6 Å². The number of hydrogen-bond donors (Lipinski definition) is 1. The Morgan fingerprint density at radius 2 is 1.88 bits per heavy atom. The maximum Gasteiger partial charge on any atom is 0.227 e. The van der Waals surface area contributed by atoms with Crippen molar-refractivity contribution in [3.05, 3.63) is 48.7 Å². The Morgan fingerprint density at radius 1 is 1.12 bits per heavy atom. The van der Waals surface area contributed by atoms with Crippen LogP contribution in [-0.4, -0.2) is 55.9 Å². The van der Waals surface area contributed by atoms with Crippen LogP contribution in [0.3, 0.4) is 0 Å². The van der Waals surface area contributed by atoms with Gasteiger partial charge in [-0.3, -0.25) is 9.78 Å². The Bertz CT molecular complexity index is 925. The molecule has 2 saturated heterocycles. The van der Waals surface area contributed by atoms with E-state index in [4.69, 9.17) is 0 Å². The number of nitrogens with one attached hydrogen (secondary N) is 1. The van der Waals surface area contributed by atoms with Gasteiger partial charge in [0.1, 0.15) is 17.8 Å². The van der Waals surface area contributed by atoms with Crippen molar-refractivity contribution in [3.63, 3.8) is 0 Å². The SMILES string of the molecule is O=C(Cc1ccncc1)N1[C@@H]2CC[C@@H]1CN(c1ncnc3[nH]ccc13)C2. The Kier molecular flexibility index (Phi) is 3.58. The number of piperazine rings is 1. The van der Waals surface area contributed by atoms with Crippen LogP contribution in [0.4, 0.5) is 5.82 Å². The van der Waals surface area contributed by atoms with E-state index in [-0.39, 0.29) is 18.0 Å². The third-order valence-electron chi connectivity index (χ3n) is 5.51. The van der Waals surface area contributed by atoms with E-state index in [1.165, 1.54) is 0 Å². The first-order valence-electron chi connectivity index (χ1n) is 9.03. The molecule has 2 aliphatic heterocycles. The molecular formula is C19H20N6O. The number of anilines is 1. The largest absolute Gasteiger partial charge is 0.352 e. The second kappa shape index (κ2) is 6.09. The lowest BCUT2D eigenvalue weighted by Gasteiger charge is -2.41. The number of amides is 1. The van der Waals surface area contributed by atoms with Crippen molar-refractivity contribution in [2.75, 3.05) is 18.0 Å². The van der Waals surface area contributed by atoms with Gasteiger partial charge in [0.15, 0.2) is 0 Å². The summed E-state index contributed by atoms with van der Waals surface area (Å²) >= 11 is 0. The minimum atomic E-state index is 0.220. The van der Waals surface area contributed by atoms with Crippen molar-refractivity contribution < 1.29 is 4.79 Å². The predicted octanol–water partition coefficient (Wildman–Crippen LogP) is 1.78. The number of H-pyrrole nitrogens is 1. The average Bonchev–Trinajstić information content (AvgIpc) is 3.24. The van der Waals surface area contributed by atoms with Gasteiger partial charge in [0.25, 0.3) is 0 Å². The molecule has 0 aliphatic carbocycles. The van der Waals surface area contributed by atoms with Crippen molar-refractivity contribution in [1.29, 1.82) is 0 Å². The number of fused-ring (bicyclic) bond motifs is 3. The predicted molar refractivity (Wildman–Crippen MR) is 97.7 cm³/mol. The highest BCUT2D eigenvalue weighted by atomic mass is 16.2. The lowest BCUT2D eigenvalue weighted by atomic mass is 10.1. The molecule has 3 aromatic rings. The highest BCUT2D eigenvalue weighted by Gasteiger charge is 2.42. The summed E-state index contributed by atoms with van der Waals surface area (Å²) in [6.45, 7) is 1.66. The quantitative estimate of drug-likeness (QED) is 0.781. The van der Waals surface area contributed by atoms with Crippen LogP contribution >= 0.6 is 0 Å². The Hall–Kier alpha value is -2.96. The molecule has 7 heteroatoms. The second-order valence-corrected chi connectivity index (χ2v) is 7.06. The Morgan fingerprint density at radius 3 is 2.65 bits per heavy atom. The van der Waals surface area contributed by atoms with E-state index in [1.54, 1.807) is 18.7 Å². The summed E-state index contributed by atoms with van der Waals surface area (Å²) < 4.78 is 0. The third kappa shape index (κ3) is 2.51. The summed E-state index contributed by atoms with van der Waals surface area (Å²) in [4.78, 5) is 33.3. The van der Waals surface area contributed by atoms with Gasteiger partial charge in [-0.15, -0.1) is 0 Å². The molecule has 2 fully saturated rings. The van der Waals surface area contributed by atoms with Gasteiger partial charge < -0.3 is 14.8 Å². The van der Waals surface area contributed by atoms with Gasteiger partial charge in [0.05, 0.1) is 11.8 Å². The fraction of sp³-hybridized carbons (Fsp3) is 0.368. The number of aromatic amines is 1. The first kappa shape index (κ1) is 15.3. The molecule has 5 rings (SSSR count). The number of carbonyl (C=O) groups is 1. The van der Waals surface area contributed by atoms with Crippen LogP contribution in [0.5, 0.6) is 0 Å². The molecule has 132 valence electrons. The van der Waals surface area contributed by atoms with Crippen LogP contribution in [0.2, 0.25) is 0 Å². The molecule has 0 unspecified atom stereocenters. The van der Waals surface area contributed by atoms with Crippen LogP contribution in [0.25, 0.3) is 11.0 Å². The highest BCUT2D eigenvalue weighted by Crippen LogP contribution is 2.34. The zero-order valence-corrected chi connectivity index (χ0v) is 14.4. The number of hydrogen-bond acceptors (Lipinski definition) is 5. The minimum absolute atomic E-state index is 0.220. The molecular weight excluding hydrogens is 328 g/mol. The van der Waals surface area contributed by atoms with Crippen molar-refractivity contribution >= 4 is 22.8 Å². The zero-order valence-electron chi connectivity index (χ0n) is 14.4. The molecule has 0 spiro atoms. The van der Waals surface area contributed by atoms with E-state index in [9.17, 15) is 4.79 Å². The average molecular weight is 348 g/mol. The first-order chi connectivity index (χ1) is 12.8. The number of carbonyl (C=O) groups excluding carboxylic acids is 1. The number of aromatic nitrogens is 4. The Labute approximate surface area is 151 Å². The van der Waals surface area contributed by atoms with Crippen molar-refractivity contribution in [2.24, 2.45) is 0 Å². The van der Waals surface area contributed by atoms with E-state index in [1.807, 2.05) is 24.4 Å². The fourth-order valence-electron chi connectivity index (χ4n) is 4.36. The van der Waals surface area contributed by atoms with E-state index in [0.717, 1.165) is 48.3 Å². The molecule has 2 bridgehead atoms. The lowest BCUT2D eigenvalue weighted by molar-refractivity contribution is -0.133. The molecule has 1 N–H and O–H groups in total. The van der Waals surface area contributed by atoms with Gasteiger partial charge >= 0.3 is 0 Å². The molecule has 2 aliphatic rings. The normalized spacial score (nSPS) is 22.2. The number of rotatable bonds is 3. The Balaban J connectivity index is 1.36. The monoisotopic (exact) mass is 348 g/mol. The first-order valence-corrected chi connectivity index (χ1v) is 9.03. The third-order valence-corrected chi connectivity index (χ3v) is 5.51. The van der Waals surface area contributed by atoms with E-state index < -0.39 is 0 Å². The lowest BCUT2D eigenvalue weighted by Crippen LogP contribution is -2.56. The fourth-order valence-corrected chi connectivity index (χ4v) is 4.36. The maximum atomic E-state index is 12.9. The van der Waals surface area contributed by atoms with E-state index in [2.05, 4.69) is 29.7 Å². The molecule has 0 saturated carbocycles. The van der Waals surface area contributed by atoms with E-state index >= 15 is 0 Å². The van der Waals surface area contributed by atoms with Crippen molar-refractivity contribution in [1.82, 2.24) is 24.8 Å². The molecule has 2 atom stereocenters. The van der Waals surface area contributed by atoms with Crippen LogP contribution < -0.4 is 4.90 Å². The standard InChI is InChI=1S/C19H20N6O/c26-17(9-13-3-6-20-7-4-13)25-14-1-2-15(25)11-24(10-14)19-16-5-8-21-18(16)22-12-23-19/h3-8,12,14-15H,1-2,9-11H2,(H,21,22,23)/t14-,15-/m1/s1. The van der Waals surface area contributed by atoms with E-state index in [0.29, 0.717) is 6.42 Å². The smallest absolute Gasteiger partial charge is 0.227 e. The van der Waals surface area contributed by atoms with Crippen LogP contribution in [0, 0.1) is 0 Å². The number of pyridine rings is 1. The summed E-state index contributed by atoms with van der Waals surface area (Å²) in [6, 6.07) is 6.37. The maximum absolute atomic E-state index is 12.9. The molecule has 3 aromatic heterocycles. The van der Waals surface area contributed by atoms with Gasteiger partial charge in [-0.1, -0.05) is 0 Å². The second-order valence-electron chi connectivity index (χ2n) is 7.06. The highest BCUT2D eigenvalue weighted by molar-refractivity contribution is 5.87. The summed E-state index contributed by atoms with van der Waals surface area (Å²) in [7, 11) is 0. The van der Waals surface area contributed by atoms with Gasteiger partial charge in [0, 0.05) is 43.8 Å². The molecule has 7 nitrogen and oxygen atoms in total. The molecule has 26 heavy (non-hydrogen) atoms. The summed E-state index contributed by atoms with van der Waals surface area (Å²) in [6.07, 6.45) is 9.56. The van der Waals surface area contributed by atoms with Gasteiger partial charge in [0.2, 0.25) is 5.91 Å². The molecule has 5 heterocycles. The van der Waals surface area contributed by atoms with Crippen LogP contribution in [-0.2, 0) is 11.2 Å². The van der Waals surface area contributed by atoms with Crippen molar-refractivity contribution in [3.8, 4) is 0 Å². The summed E-state index contributed by atoms with van der Waals surface area (Å²) in [5.41, 5.74) is 1.88. The molecule has 0 aromatic carbocycles. The zero-order chi connectivity index (χ0) is 17.5. The van der Waals surface area contributed by atoms with Gasteiger partial charge in [-0.2, -0.15) is 0 Å². The summed E-state index contributed by atoms with van der Waals surface area (Å²) in [5.74, 6) is 1.19.